The average Bonchev–Trinajstić information content (AvgIpc) is 2.53. The number of hydrogen-bond acceptors (Lipinski definition) is 5. The Morgan fingerprint density at radius 3 is 2.57 bits per heavy atom. The van der Waals surface area contributed by atoms with Crippen LogP contribution in [0, 0.1) is 0 Å². The molecule has 1 amide bonds. The Labute approximate surface area is 128 Å². The number of aromatic nitrogens is 2. The number of alkyl halides is 2. The third-order valence-electron chi connectivity index (χ3n) is 2.68. The third-order valence-corrected chi connectivity index (χ3v) is 2.68. The fraction of sp³-hybridized carbons (Fsp3) is 0.143. The standard InChI is InChI=1S/C14H11F2N3O4/c15-11(16)10-9(12(20)21)6-17-13(18-10)19-14(22)23-7-8-4-2-1-3-5-8/h1-6,11H,7H2,(H,20,21)(H,17,18,19,22). The molecule has 0 atom stereocenters. The summed E-state index contributed by atoms with van der Waals surface area (Å²) < 4.78 is 30.4. The molecule has 0 aliphatic rings. The number of aromatic carboxylic acids is 1. The van der Waals surface area contributed by atoms with Gasteiger partial charge in [-0.25, -0.2) is 28.3 Å². The minimum Gasteiger partial charge on any atom is -0.478 e. The van der Waals surface area contributed by atoms with Crippen LogP contribution < -0.4 is 5.32 Å². The summed E-state index contributed by atoms with van der Waals surface area (Å²) in [7, 11) is 0. The number of nitrogens with zero attached hydrogens (tertiary/aromatic N) is 2. The first-order chi connectivity index (χ1) is 11.0. The zero-order valence-electron chi connectivity index (χ0n) is 11.6. The average molecular weight is 323 g/mol. The summed E-state index contributed by atoms with van der Waals surface area (Å²) in [5.74, 6) is -2.05. The second kappa shape index (κ2) is 7.25. The molecular weight excluding hydrogens is 312 g/mol. The van der Waals surface area contributed by atoms with Crippen molar-refractivity contribution in [3.05, 3.63) is 53.3 Å². The molecule has 0 aliphatic heterocycles. The molecular formula is C14H11F2N3O4. The Bertz CT molecular complexity index is 710. The summed E-state index contributed by atoms with van der Waals surface area (Å²) in [6.45, 7) is -0.0262. The number of amides is 1. The van der Waals surface area contributed by atoms with E-state index in [-0.39, 0.29) is 6.61 Å². The number of halogens is 2. The molecule has 0 fully saturated rings. The van der Waals surface area contributed by atoms with Crippen molar-refractivity contribution >= 4 is 18.0 Å². The van der Waals surface area contributed by atoms with Crippen molar-refractivity contribution in [2.45, 2.75) is 13.0 Å². The van der Waals surface area contributed by atoms with Crippen molar-refractivity contribution in [1.82, 2.24) is 9.97 Å². The van der Waals surface area contributed by atoms with Crippen LogP contribution in [0.1, 0.15) is 28.0 Å². The van der Waals surface area contributed by atoms with Gasteiger partial charge in [-0.2, -0.15) is 0 Å². The van der Waals surface area contributed by atoms with Gasteiger partial charge in [0.1, 0.15) is 17.9 Å². The molecule has 120 valence electrons. The van der Waals surface area contributed by atoms with Crippen LogP contribution in [0.2, 0.25) is 0 Å². The van der Waals surface area contributed by atoms with Crippen LogP contribution in [0.5, 0.6) is 0 Å². The predicted octanol–water partition coefficient (Wildman–Crippen LogP) is 2.86. The van der Waals surface area contributed by atoms with Gasteiger partial charge in [0, 0.05) is 6.20 Å². The third kappa shape index (κ3) is 4.43. The van der Waals surface area contributed by atoms with Gasteiger partial charge in [-0.3, -0.25) is 5.32 Å². The second-order valence-corrected chi connectivity index (χ2v) is 4.29. The molecule has 0 unspecified atom stereocenters. The lowest BCUT2D eigenvalue weighted by Crippen LogP contribution is -2.17. The van der Waals surface area contributed by atoms with Gasteiger partial charge in [-0.05, 0) is 5.56 Å². The van der Waals surface area contributed by atoms with E-state index in [1.165, 1.54) is 0 Å². The Morgan fingerprint density at radius 2 is 1.96 bits per heavy atom. The summed E-state index contributed by atoms with van der Waals surface area (Å²) in [4.78, 5) is 29.2. The lowest BCUT2D eigenvalue weighted by Gasteiger charge is -2.08. The zero-order chi connectivity index (χ0) is 16.8. The van der Waals surface area contributed by atoms with Gasteiger partial charge >= 0.3 is 12.1 Å². The number of nitrogens with one attached hydrogen (secondary N) is 1. The number of carbonyl (C=O) groups is 2. The van der Waals surface area contributed by atoms with Crippen molar-refractivity contribution in [3.63, 3.8) is 0 Å². The van der Waals surface area contributed by atoms with Crippen LogP contribution >= 0.6 is 0 Å². The van der Waals surface area contributed by atoms with Gasteiger partial charge in [-0.15, -0.1) is 0 Å². The molecule has 1 aromatic heterocycles. The second-order valence-electron chi connectivity index (χ2n) is 4.29. The number of ether oxygens (including phenoxy) is 1. The normalized spacial score (nSPS) is 10.4. The van der Waals surface area contributed by atoms with Crippen molar-refractivity contribution < 1.29 is 28.2 Å². The van der Waals surface area contributed by atoms with Crippen molar-refractivity contribution in [1.29, 1.82) is 0 Å². The number of carboxylic acids is 1. The lowest BCUT2D eigenvalue weighted by atomic mass is 10.2. The fourth-order valence-corrected chi connectivity index (χ4v) is 1.64. The number of benzene rings is 1. The molecule has 0 bridgehead atoms. The fourth-order valence-electron chi connectivity index (χ4n) is 1.64. The summed E-state index contributed by atoms with van der Waals surface area (Å²) >= 11 is 0. The number of carboxylic acid groups (broad SMARTS) is 1. The first-order valence-corrected chi connectivity index (χ1v) is 6.33. The maximum Gasteiger partial charge on any atom is 0.414 e. The van der Waals surface area contributed by atoms with E-state index < -0.39 is 35.7 Å². The van der Waals surface area contributed by atoms with Gasteiger partial charge in [0.15, 0.2) is 0 Å². The molecule has 0 radical (unpaired) electrons. The van der Waals surface area contributed by atoms with Crippen LogP contribution in [-0.2, 0) is 11.3 Å². The van der Waals surface area contributed by atoms with Crippen molar-refractivity contribution in [2.24, 2.45) is 0 Å². The highest BCUT2D eigenvalue weighted by Crippen LogP contribution is 2.21. The molecule has 7 nitrogen and oxygen atoms in total. The molecule has 9 heteroatoms. The monoisotopic (exact) mass is 323 g/mol. The summed E-state index contributed by atoms with van der Waals surface area (Å²) in [5.41, 5.74) is -0.980. The first kappa shape index (κ1) is 16.3. The van der Waals surface area contributed by atoms with Crippen LogP contribution in [0.15, 0.2) is 36.5 Å². The maximum absolute atomic E-state index is 12.8. The summed E-state index contributed by atoms with van der Waals surface area (Å²) in [6, 6.07) is 8.80. The Morgan fingerprint density at radius 1 is 1.26 bits per heavy atom. The van der Waals surface area contributed by atoms with E-state index >= 15 is 0 Å². The van der Waals surface area contributed by atoms with E-state index in [4.69, 9.17) is 9.84 Å². The summed E-state index contributed by atoms with van der Waals surface area (Å²) in [6.07, 6.45) is -3.37. The number of carbonyl (C=O) groups excluding carboxylic acids is 1. The van der Waals surface area contributed by atoms with E-state index in [2.05, 4.69) is 15.3 Å². The molecule has 2 rings (SSSR count). The zero-order valence-corrected chi connectivity index (χ0v) is 11.6. The topological polar surface area (TPSA) is 101 Å². The smallest absolute Gasteiger partial charge is 0.414 e. The highest BCUT2D eigenvalue weighted by Gasteiger charge is 2.21. The van der Waals surface area contributed by atoms with Crippen LogP contribution in [0.25, 0.3) is 0 Å². The molecule has 23 heavy (non-hydrogen) atoms. The van der Waals surface area contributed by atoms with Gasteiger partial charge < -0.3 is 9.84 Å². The summed E-state index contributed by atoms with van der Waals surface area (Å²) in [5, 5.41) is 10.8. The molecule has 0 saturated carbocycles. The van der Waals surface area contributed by atoms with Crippen LogP contribution in [0.4, 0.5) is 19.5 Å². The molecule has 2 N–H and O–H groups in total. The van der Waals surface area contributed by atoms with E-state index in [1.807, 2.05) is 0 Å². The van der Waals surface area contributed by atoms with E-state index in [0.29, 0.717) is 6.20 Å². The molecule has 1 aromatic carbocycles. The van der Waals surface area contributed by atoms with Crippen LogP contribution in [-0.4, -0.2) is 27.1 Å². The van der Waals surface area contributed by atoms with Crippen molar-refractivity contribution in [2.75, 3.05) is 5.32 Å². The molecule has 0 saturated heterocycles. The van der Waals surface area contributed by atoms with E-state index in [0.717, 1.165) is 5.56 Å². The van der Waals surface area contributed by atoms with Crippen LogP contribution in [0.3, 0.4) is 0 Å². The number of anilines is 1. The quantitative estimate of drug-likeness (QED) is 0.877. The molecule has 1 heterocycles. The minimum absolute atomic E-state index is 0.0262. The van der Waals surface area contributed by atoms with Crippen molar-refractivity contribution in [3.8, 4) is 0 Å². The Kier molecular flexibility index (Phi) is 5.13. The first-order valence-electron chi connectivity index (χ1n) is 6.33. The van der Waals surface area contributed by atoms with E-state index in [9.17, 15) is 18.4 Å². The van der Waals surface area contributed by atoms with Gasteiger partial charge in [0.05, 0.1) is 0 Å². The molecule has 2 aromatic rings. The Balaban J connectivity index is 2.03. The van der Waals surface area contributed by atoms with Gasteiger partial charge in [-0.1, -0.05) is 30.3 Å². The van der Waals surface area contributed by atoms with Gasteiger partial charge in [0.25, 0.3) is 6.43 Å². The Hall–Kier alpha value is -3.10. The van der Waals surface area contributed by atoms with Gasteiger partial charge in [0.2, 0.25) is 5.95 Å². The number of hydrogen-bond donors (Lipinski definition) is 2. The maximum atomic E-state index is 12.8. The van der Waals surface area contributed by atoms with E-state index in [1.54, 1.807) is 30.3 Å². The number of rotatable bonds is 5. The predicted molar refractivity (Wildman–Crippen MR) is 74.2 cm³/mol. The SMILES string of the molecule is O=C(Nc1ncc(C(=O)O)c(C(F)F)n1)OCc1ccccc1. The largest absolute Gasteiger partial charge is 0.478 e. The highest BCUT2D eigenvalue weighted by molar-refractivity contribution is 5.89. The highest BCUT2D eigenvalue weighted by atomic mass is 19.3. The molecule has 0 spiro atoms. The minimum atomic E-state index is -3.12. The lowest BCUT2D eigenvalue weighted by molar-refractivity contribution is 0.0681. The molecule has 0 aliphatic carbocycles.